The molecule has 2 N–H and O–H groups in total. The Morgan fingerprint density at radius 2 is 2.42 bits per heavy atom. The van der Waals surface area contributed by atoms with Crippen molar-refractivity contribution < 1.29 is 9.84 Å². The number of aryl methyl sites for hydroxylation is 1. The summed E-state index contributed by atoms with van der Waals surface area (Å²) in [4.78, 5) is 6.75. The number of aromatic nitrogens is 2. The van der Waals surface area contributed by atoms with Crippen LogP contribution >= 0.6 is 0 Å². The van der Waals surface area contributed by atoms with Gasteiger partial charge < -0.3 is 14.8 Å². The van der Waals surface area contributed by atoms with Gasteiger partial charge in [0.25, 0.3) is 0 Å². The van der Waals surface area contributed by atoms with Gasteiger partial charge in [-0.25, -0.2) is 4.98 Å². The summed E-state index contributed by atoms with van der Waals surface area (Å²) in [6.07, 6.45) is 3.21. The van der Waals surface area contributed by atoms with Gasteiger partial charge in [0.1, 0.15) is 5.82 Å². The predicted octanol–water partition coefficient (Wildman–Crippen LogP) is 0.732. The molecular formula is C8H16N2O2. The zero-order chi connectivity index (χ0) is 9.40. The van der Waals surface area contributed by atoms with E-state index in [2.05, 4.69) is 14.7 Å². The Morgan fingerprint density at radius 1 is 1.75 bits per heavy atom. The quantitative estimate of drug-likeness (QED) is 0.691. The van der Waals surface area contributed by atoms with Gasteiger partial charge >= 0.3 is 0 Å². The highest BCUT2D eigenvalue weighted by Crippen LogP contribution is 1.78. The lowest BCUT2D eigenvalue weighted by Gasteiger charge is -1.97. The summed E-state index contributed by atoms with van der Waals surface area (Å²) >= 11 is 0. The lowest BCUT2D eigenvalue weighted by atomic mass is 10.5. The van der Waals surface area contributed by atoms with E-state index < -0.39 is 0 Å². The third kappa shape index (κ3) is 7.24. The summed E-state index contributed by atoms with van der Waals surface area (Å²) in [5.41, 5.74) is 0. The summed E-state index contributed by atoms with van der Waals surface area (Å²) in [5.74, 6) is 0.968. The van der Waals surface area contributed by atoms with Gasteiger partial charge in [-0.05, 0) is 13.8 Å². The van der Waals surface area contributed by atoms with E-state index in [1.807, 2.05) is 6.92 Å². The topological polar surface area (TPSA) is 58.1 Å². The molecule has 1 aromatic heterocycles. The number of methoxy groups -OCH3 is 1. The van der Waals surface area contributed by atoms with Crippen LogP contribution in [0.2, 0.25) is 0 Å². The zero-order valence-corrected chi connectivity index (χ0v) is 7.74. The summed E-state index contributed by atoms with van der Waals surface area (Å²) in [6, 6.07) is 0. The smallest absolute Gasteiger partial charge is 0.102 e. The average molecular weight is 172 g/mol. The van der Waals surface area contributed by atoms with Crippen molar-refractivity contribution in [2.24, 2.45) is 0 Å². The molecule has 1 heterocycles. The summed E-state index contributed by atoms with van der Waals surface area (Å²) in [7, 11) is 1.56. The highest BCUT2D eigenvalue weighted by molar-refractivity contribution is 4.80. The molecule has 0 spiro atoms. The maximum absolute atomic E-state index is 8.43. The van der Waals surface area contributed by atoms with Gasteiger partial charge in [-0.15, -0.1) is 0 Å². The van der Waals surface area contributed by atoms with E-state index in [-0.39, 0.29) is 6.10 Å². The van der Waals surface area contributed by atoms with Crippen LogP contribution in [0, 0.1) is 6.92 Å². The number of aromatic amines is 1. The van der Waals surface area contributed by atoms with Crippen LogP contribution in [0.5, 0.6) is 0 Å². The maximum atomic E-state index is 8.43. The first-order chi connectivity index (χ1) is 5.66. The molecule has 1 aromatic rings. The van der Waals surface area contributed by atoms with Crippen LogP contribution < -0.4 is 0 Å². The van der Waals surface area contributed by atoms with Gasteiger partial charge in [0.2, 0.25) is 0 Å². The minimum Gasteiger partial charge on any atom is -0.391 e. The molecule has 0 amide bonds. The van der Waals surface area contributed by atoms with Crippen molar-refractivity contribution in [3.05, 3.63) is 18.2 Å². The summed E-state index contributed by atoms with van der Waals surface area (Å²) in [5, 5.41) is 8.43. The van der Waals surface area contributed by atoms with Crippen molar-refractivity contribution in [3.63, 3.8) is 0 Å². The fourth-order valence-electron chi connectivity index (χ4n) is 0.585. The lowest BCUT2D eigenvalue weighted by molar-refractivity contribution is 0.0765. The molecule has 1 atom stereocenters. The van der Waals surface area contributed by atoms with E-state index in [1.165, 1.54) is 0 Å². The first-order valence-corrected chi connectivity index (χ1v) is 3.79. The van der Waals surface area contributed by atoms with Crippen LogP contribution in [0.3, 0.4) is 0 Å². The second kappa shape index (κ2) is 6.82. The predicted molar refractivity (Wildman–Crippen MR) is 46.9 cm³/mol. The van der Waals surface area contributed by atoms with Crippen molar-refractivity contribution in [2.75, 3.05) is 13.7 Å². The van der Waals surface area contributed by atoms with Crippen LogP contribution in [0.1, 0.15) is 12.7 Å². The molecule has 0 aromatic carbocycles. The Balaban J connectivity index is 0.000000202. The van der Waals surface area contributed by atoms with Gasteiger partial charge in [0, 0.05) is 19.5 Å². The number of rotatable bonds is 2. The maximum Gasteiger partial charge on any atom is 0.102 e. The number of imidazole rings is 1. The third-order valence-electron chi connectivity index (χ3n) is 1.04. The molecule has 0 saturated heterocycles. The molecule has 4 nitrogen and oxygen atoms in total. The van der Waals surface area contributed by atoms with Gasteiger partial charge in [0.15, 0.2) is 0 Å². The molecular weight excluding hydrogens is 156 g/mol. The lowest BCUT2D eigenvalue weighted by Crippen LogP contribution is -2.07. The van der Waals surface area contributed by atoms with E-state index >= 15 is 0 Å². The molecule has 0 aliphatic rings. The van der Waals surface area contributed by atoms with E-state index in [9.17, 15) is 0 Å². The molecule has 0 bridgehead atoms. The Bertz CT molecular complexity index is 173. The van der Waals surface area contributed by atoms with E-state index in [0.29, 0.717) is 6.61 Å². The van der Waals surface area contributed by atoms with E-state index in [1.54, 1.807) is 26.4 Å². The normalized spacial score (nSPS) is 11.7. The highest BCUT2D eigenvalue weighted by atomic mass is 16.5. The molecule has 1 rings (SSSR count). The zero-order valence-electron chi connectivity index (χ0n) is 7.74. The van der Waals surface area contributed by atoms with E-state index in [0.717, 1.165) is 5.82 Å². The van der Waals surface area contributed by atoms with Crippen LogP contribution in [0.25, 0.3) is 0 Å². The van der Waals surface area contributed by atoms with Crippen molar-refractivity contribution >= 4 is 0 Å². The Kier molecular flexibility index (Phi) is 6.32. The van der Waals surface area contributed by atoms with Gasteiger partial charge in [0.05, 0.1) is 12.7 Å². The third-order valence-corrected chi connectivity index (χ3v) is 1.04. The van der Waals surface area contributed by atoms with Crippen molar-refractivity contribution in [2.45, 2.75) is 20.0 Å². The number of hydrogen-bond donors (Lipinski definition) is 2. The molecule has 1 unspecified atom stereocenters. The molecule has 70 valence electrons. The standard InChI is InChI=1S/C4H6N2.C4H10O2/c1-4-5-2-3-6-4;1-4(5)3-6-2/h2-3H,1H3,(H,5,6);4-5H,3H2,1-2H3. The van der Waals surface area contributed by atoms with Crippen LogP contribution in [0.15, 0.2) is 12.4 Å². The molecule has 0 radical (unpaired) electrons. The summed E-state index contributed by atoms with van der Waals surface area (Å²) < 4.78 is 4.55. The number of aliphatic hydroxyl groups excluding tert-OH is 1. The monoisotopic (exact) mass is 172 g/mol. The first kappa shape index (κ1) is 11.1. The fourth-order valence-corrected chi connectivity index (χ4v) is 0.585. The minimum absolute atomic E-state index is 0.324. The second-order valence-corrected chi connectivity index (χ2v) is 2.48. The number of ether oxygens (including phenoxy) is 1. The number of H-pyrrole nitrogens is 1. The van der Waals surface area contributed by atoms with E-state index in [4.69, 9.17) is 5.11 Å². The molecule has 12 heavy (non-hydrogen) atoms. The molecule has 0 saturated carbocycles. The van der Waals surface area contributed by atoms with Crippen molar-refractivity contribution in [3.8, 4) is 0 Å². The van der Waals surface area contributed by atoms with Crippen LogP contribution in [-0.2, 0) is 4.74 Å². The Hall–Kier alpha value is -0.870. The van der Waals surface area contributed by atoms with Crippen molar-refractivity contribution in [1.29, 1.82) is 0 Å². The van der Waals surface area contributed by atoms with Gasteiger partial charge in [-0.1, -0.05) is 0 Å². The second-order valence-electron chi connectivity index (χ2n) is 2.48. The Labute approximate surface area is 72.6 Å². The van der Waals surface area contributed by atoms with Crippen LogP contribution in [-0.4, -0.2) is 34.9 Å². The Morgan fingerprint density at radius 3 is 2.50 bits per heavy atom. The number of nitrogens with one attached hydrogen (secondary N) is 1. The molecule has 0 aliphatic carbocycles. The number of aliphatic hydroxyl groups is 1. The molecule has 0 aliphatic heterocycles. The average Bonchev–Trinajstić information content (AvgIpc) is 2.40. The SMILES string of the molecule is COCC(C)O.Cc1ncc[nH]1. The molecule has 0 fully saturated rings. The number of nitrogens with zero attached hydrogens (tertiary/aromatic N) is 1. The summed E-state index contributed by atoms with van der Waals surface area (Å²) in [6.45, 7) is 4.03. The van der Waals surface area contributed by atoms with Gasteiger partial charge in [-0.2, -0.15) is 0 Å². The van der Waals surface area contributed by atoms with Crippen LogP contribution in [0.4, 0.5) is 0 Å². The van der Waals surface area contributed by atoms with Crippen molar-refractivity contribution in [1.82, 2.24) is 9.97 Å². The largest absolute Gasteiger partial charge is 0.391 e. The number of hydrogen-bond acceptors (Lipinski definition) is 3. The van der Waals surface area contributed by atoms with Gasteiger partial charge in [-0.3, -0.25) is 0 Å². The minimum atomic E-state index is -0.324. The first-order valence-electron chi connectivity index (χ1n) is 3.79. The highest BCUT2D eigenvalue weighted by Gasteiger charge is 1.87. The fraction of sp³-hybridized carbons (Fsp3) is 0.625. The molecule has 4 heteroatoms.